The highest BCUT2D eigenvalue weighted by molar-refractivity contribution is 8.13. The minimum absolute atomic E-state index is 0.155. The summed E-state index contributed by atoms with van der Waals surface area (Å²) in [5.41, 5.74) is 0.932. The van der Waals surface area contributed by atoms with E-state index in [4.69, 9.17) is 4.74 Å². The van der Waals surface area contributed by atoms with Crippen LogP contribution in [0.1, 0.15) is 25.8 Å². The maximum Gasteiger partial charge on any atom is 0.316 e. The predicted octanol–water partition coefficient (Wildman–Crippen LogP) is 2.56. The van der Waals surface area contributed by atoms with Gasteiger partial charge in [0.25, 0.3) is 0 Å². The molecule has 92 valence electrons. The Kier molecular flexibility index (Phi) is 6.32. The third-order valence-electron chi connectivity index (χ3n) is 1.82. The van der Waals surface area contributed by atoms with Gasteiger partial charge >= 0.3 is 6.01 Å². The molecular weight excluding hydrogens is 236 g/mol. The molecule has 1 rings (SSSR count). The lowest BCUT2D eigenvalue weighted by atomic mass is 10.3. The molecule has 4 nitrogen and oxygen atoms in total. The quantitative estimate of drug-likeness (QED) is 0.728. The molecule has 5 heteroatoms. The molecule has 1 heterocycles. The highest BCUT2D eigenvalue weighted by atomic mass is 32.2. The van der Waals surface area contributed by atoms with Gasteiger partial charge in [-0.25, -0.2) is 9.97 Å². The van der Waals surface area contributed by atoms with Crippen molar-refractivity contribution in [2.75, 3.05) is 12.4 Å². The molecule has 0 aromatic carbocycles. The van der Waals surface area contributed by atoms with Gasteiger partial charge in [-0.3, -0.25) is 4.79 Å². The molecule has 0 amide bonds. The summed E-state index contributed by atoms with van der Waals surface area (Å²) in [7, 11) is 0. The molecule has 0 aliphatic heterocycles. The van der Waals surface area contributed by atoms with E-state index in [1.54, 1.807) is 19.3 Å². The van der Waals surface area contributed by atoms with Gasteiger partial charge in [-0.1, -0.05) is 23.9 Å². The largest absolute Gasteiger partial charge is 0.464 e. The van der Waals surface area contributed by atoms with E-state index < -0.39 is 0 Å². The SMILES string of the molecule is CCOc1ncc(C=CCCSC(C)=O)cn1. The van der Waals surface area contributed by atoms with Crippen molar-refractivity contribution in [3.05, 3.63) is 24.0 Å². The fraction of sp³-hybridized carbons (Fsp3) is 0.417. The highest BCUT2D eigenvalue weighted by Crippen LogP contribution is 2.07. The summed E-state index contributed by atoms with van der Waals surface area (Å²) >= 11 is 1.33. The predicted molar refractivity (Wildman–Crippen MR) is 70.0 cm³/mol. The Morgan fingerprint density at radius 1 is 1.47 bits per heavy atom. The maximum absolute atomic E-state index is 10.7. The van der Waals surface area contributed by atoms with Crippen LogP contribution in [-0.2, 0) is 4.79 Å². The van der Waals surface area contributed by atoms with E-state index in [1.165, 1.54) is 11.8 Å². The molecule has 0 N–H and O–H groups in total. The average molecular weight is 252 g/mol. The molecule has 0 radical (unpaired) electrons. The first-order valence-electron chi connectivity index (χ1n) is 5.47. The summed E-state index contributed by atoms with van der Waals surface area (Å²) in [5, 5.41) is 0.155. The van der Waals surface area contributed by atoms with Gasteiger partial charge < -0.3 is 4.74 Å². The Labute approximate surface area is 105 Å². The topological polar surface area (TPSA) is 52.1 Å². The number of carbonyl (C=O) groups is 1. The van der Waals surface area contributed by atoms with Crippen molar-refractivity contribution in [3.63, 3.8) is 0 Å². The number of carbonyl (C=O) groups excluding carboxylic acids is 1. The van der Waals surface area contributed by atoms with Crippen LogP contribution in [0.3, 0.4) is 0 Å². The normalized spacial score (nSPS) is 10.7. The van der Waals surface area contributed by atoms with E-state index in [0.29, 0.717) is 12.6 Å². The van der Waals surface area contributed by atoms with E-state index in [9.17, 15) is 4.79 Å². The van der Waals surface area contributed by atoms with Crippen LogP contribution in [0, 0.1) is 0 Å². The van der Waals surface area contributed by atoms with Gasteiger partial charge in [-0.05, 0) is 13.3 Å². The second-order valence-electron chi connectivity index (χ2n) is 3.26. The fourth-order valence-corrected chi connectivity index (χ4v) is 1.65. The molecular formula is C12H16N2O2S. The second kappa shape index (κ2) is 7.84. The smallest absolute Gasteiger partial charge is 0.316 e. The van der Waals surface area contributed by atoms with Crippen LogP contribution >= 0.6 is 11.8 Å². The van der Waals surface area contributed by atoms with Crippen molar-refractivity contribution in [2.24, 2.45) is 0 Å². The number of allylic oxidation sites excluding steroid dienone is 1. The number of nitrogens with zero attached hydrogens (tertiary/aromatic N) is 2. The van der Waals surface area contributed by atoms with E-state index in [1.807, 2.05) is 19.1 Å². The summed E-state index contributed by atoms with van der Waals surface area (Å²) in [6, 6.07) is 0.400. The van der Waals surface area contributed by atoms with Crippen molar-refractivity contribution in [3.8, 4) is 6.01 Å². The van der Waals surface area contributed by atoms with E-state index in [0.717, 1.165) is 17.7 Å². The number of rotatable bonds is 6. The van der Waals surface area contributed by atoms with Crippen molar-refractivity contribution >= 4 is 23.0 Å². The van der Waals surface area contributed by atoms with Crippen LogP contribution in [0.25, 0.3) is 6.08 Å². The summed E-state index contributed by atoms with van der Waals surface area (Å²) < 4.78 is 5.14. The van der Waals surface area contributed by atoms with Gasteiger partial charge in [0, 0.05) is 30.6 Å². The summed E-state index contributed by atoms with van der Waals surface area (Å²) in [6.45, 7) is 4.04. The molecule has 0 fully saturated rings. The standard InChI is InChI=1S/C12H16N2O2S/c1-3-16-12-13-8-11(9-14-12)6-4-5-7-17-10(2)15/h4,6,8-9H,3,5,7H2,1-2H3. The summed E-state index contributed by atoms with van der Waals surface area (Å²) in [4.78, 5) is 18.8. The highest BCUT2D eigenvalue weighted by Gasteiger charge is 1.95. The molecule has 17 heavy (non-hydrogen) atoms. The van der Waals surface area contributed by atoms with Crippen LogP contribution in [-0.4, -0.2) is 27.4 Å². The molecule has 0 saturated heterocycles. The first-order chi connectivity index (χ1) is 8.22. The Hall–Kier alpha value is -1.36. The van der Waals surface area contributed by atoms with Crippen LogP contribution in [0.2, 0.25) is 0 Å². The van der Waals surface area contributed by atoms with Gasteiger partial charge in [0.1, 0.15) is 0 Å². The molecule has 0 atom stereocenters. The third-order valence-corrected chi connectivity index (χ3v) is 2.67. The lowest BCUT2D eigenvalue weighted by Gasteiger charge is -1.99. The van der Waals surface area contributed by atoms with Gasteiger partial charge in [0.05, 0.1) is 6.61 Å². The van der Waals surface area contributed by atoms with Crippen molar-refractivity contribution in [1.29, 1.82) is 0 Å². The lowest BCUT2D eigenvalue weighted by Crippen LogP contribution is -1.96. The van der Waals surface area contributed by atoms with Crippen LogP contribution in [0.15, 0.2) is 18.5 Å². The Morgan fingerprint density at radius 3 is 2.76 bits per heavy atom. The zero-order valence-electron chi connectivity index (χ0n) is 10.0. The van der Waals surface area contributed by atoms with E-state index in [-0.39, 0.29) is 5.12 Å². The monoisotopic (exact) mass is 252 g/mol. The van der Waals surface area contributed by atoms with Gasteiger partial charge in [0.2, 0.25) is 0 Å². The van der Waals surface area contributed by atoms with Crippen molar-refractivity contribution in [2.45, 2.75) is 20.3 Å². The minimum atomic E-state index is 0.155. The Balaban J connectivity index is 2.35. The molecule has 0 aliphatic rings. The number of hydrogen-bond donors (Lipinski definition) is 0. The first-order valence-corrected chi connectivity index (χ1v) is 6.45. The third kappa shape index (κ3) is 6.06. The molecule has 0 unspecified atom stereocenters. The molecule has 0 bridgehead atoms. The number of thioether (sulfide) groups is 1. The molecule has 0 aliphatic carbocycles. The molecule has 0 saturated carbocycles. The average Bonchev–Trinajstić information content (AvgIpc) is 2.31. The van der Waals surface area contributed by atoms with Crippen LogP contribution < -0.4 is 4.74 Å². The van der Waals surface area contributed by atoms with Gasteiger partial charge in [-0.2, -0.15) is 0 Å². The zero-order chi connectivity index (χ0) is 12.5. The first kappa shape index (κ1) is 13.7. The fourth-order valence-electron chi connectivity index (χ4n) is 1.11. The van der Waals surface area contributed by atoms with Crippen LogP contribution in [0.5, 0.6) is 6.01 Å². The Morgan fingerprint density at radius 2 is 2.18 bits per heavy atom. The van der Waals surface area contributed by atoms with Crippen molar-refractivity contribution < 1.29 is 9.53 Å². The Bertz CT molecular complexity index is 377. The number of ether oxygens (including phenoxy) is 1. The van der Waals surface area contributed by atoms with Crippen molar-refractivity contribution in [1.82, 2.24) is 9.97 Å². The van der Waals surface area contributed by atoms with Crippen LogP contribution in [0.4, 0.5) is 0 Å². The number of hydrogen-bond acceptors (Lipinski definition) is 5. The molecule has 1 aromatic rings. The number of aromatic nitrogens is 2. The lowest BCUT2D eigenvalue weighted by molar-refractivity contribution is -0.109. The minimum Gasteiger partial charge on any atom is -0.464 e. The summed E-state index contributed by atoms with van der Waals surface area (Å²) in [6.07, 6.45) is 8.24. The van der Waals surface area contributed by atoms with E-state index in [2.05, 4.69) is 9.97 Å². The van der Waals surface area contributed by atoms with Gasteiger partial charge in [-0.15, -0.1) is 0 Å². The van der Waals surface area contributed by atoms with E-state index >= 15 is 0 Å². The maximum atomic E-state index is 10.7. The second-order valence-corrected chi connectivity index (χ2v) is 4.53. The molecule has 0 spiro atoms. The zero-order valence-corrected chi connectivity index (χ0v) is 10.9. The van der Waals surface area contributed by atoms with Gasteiger partial charge in [0.15, 0.2) is 5.12 Å². The summed E-state index contributed by atoms with van der Waals surface area (Å²) in [5.74, 6) is 0.809. The molecule has 1 aromatic heterocycles.